The summed E-state index contributed by atoms with van der Waals surface area (Å²) in [4.78, 5) is 15.4. The standard InChI is InChI=1S/C16H10N2O/c17-10-11-1-3-13(4-2-11)16(19)14-6-5-12-7-8-18-15(12)9-14/h1-9,18H. The van der Waals surface area contributed by atoms with Gasteiger partial charge in [-0.05, 0) is 41.8 Å². The molecular formula is C16H10N2O. The number of nitrogens with zero attached hydrogens (tertiary/aromatic N) is 1. The molecule has 2 aromatic carbocycles. The molecule has 0 amide bonds. The molecule has 0 aliphatic carbocycles. The predicted octanol–water partition coefficient (Wildman–Crippen LogP) is 3.27. The average Bonchev–Trinajstić information content (AvgIpc) is 2.94. The van der Waals surface area contributed by atoms with Crippen molar-refractivity contribution >= 4 is 16.7 Å². The van der Waals surface area contributed by atoms with E-state index >= 15 is 0 Å². The summed E-state index contributed by atoms with van der Waals surface area (Å²) < 4.78 is 0. The van der Waals surface area contributed by atoms with Gasteiger partial charge >= 0.3 is 0 Å². The number of aromatic amines is 1. The first-order chi connectivity index (χ1) is 9.28. The zero-order chi connectivity index (χ0) is 13.2. The van der Waals surface area contributed by atoms with Gasteiger partial charge in [0.2, 0.25) is 0 Å². The van der Waals surface area contributed by atoms with Gasteiger partial charge in [-0.25, -0.2) is 0 Å². The third-order valence-corrected chi connectivity index (χ3v) is 3.09. The van der Waals surface area contributed by atoms with E-state index in [1.165, 1.54) is 0 Å². The number of rotatable bonds is 2. The van der Waals surface area contributed by atoms with Crippen LogP contribution < -0.4 is 0 Å². The first-order valence-corrected chi connectivity index (χ1v) is 5.90. The lowest BCUT2D eigenvalue weighted by molar-refractivity contribution is 0.103. The molecule has 0 radical (unpaired) electrons. The van der Waals surface area contributed by atoms with Crippen LogP contribution in [-0.2, 0) is 0 Å². The monoisotopic (exact) mass is 246 g/mol. The third kappa shape index (κ3) is 2.00. The van der Waals surface area contributed by atoms with Gasteiger partial charge in [0.15, 0.2) is 5.78 Å². The zero-order valence-corrected chi connectivity index (χ0v) is 10.1. The normalized spacial score (nSPS) is 10.3. The Hall–Kier alpha value is -2.86. The number of hydrogen-bond acceptors (Lipinski definition) is 2. The fraction of sp³-hybridized carbons (Fsp3) is 0. The van der Waals surface area contributed by atoms with Gasteiger partial charge in [-0.15, -0.1) is 0 Å². The number of H-pyrrole nitrogens is 1. The molecule has 0 saturated carbocycles. The summed E-state index contributed by atoms with van der Waals surface area (Å²) >= 11 is 0. The Morgan fingerprint density at radius 3 is 2.47 bits per heavy atom. The molecule has 1 N–H and O–H groups in total. The minimum atomic E-state index is -0.0408. The summed E-state index contributed by atoms with van der Waals surface area (Å²) in [5.74, 6) is -0.0408. The Morgan fingerprint density at radius 2 is 1.74 bits per heavy atom. The second-order valence-corrected chi connectivity index (χ2v) is 4.30. The Balaban J connectivity index is 2.00. The predicted molar refractivity (Wildman–Crippen MR) is 72.9 cm³/mol. The molecule has 3 rings (SSSR count). The molecule has 90 valence electrons. The number of ketones is 1. The SMILES string of the molecule is N#Cc1ccc(C(=O)c2ccc3cc[nH]c3c2)cc1. The van der Waals surface area contributed by atoms with Gasteiger partial charge in [-0.1, -0.05) is 12.1 Å². The van der Waals surface area contributed by atoms with Gasteiger partial charge in [0.05, 0.1) is 11.6 Å². The number of nitrogens with one attached hydrogen (secondary N) is 1. The highest BCUT2D eigenvalue weighted by atomic mass is 16.1. The summed E-state index contributed by atoms with van der Waals surface area (Å²) in [7, 11) is 0. The van der Waals surface area contributed by atoms with Gasteiger partial charge in [0, 0.05) is 22.8 Å². The van der Waals surface area contributed by atoms with E-state index in [1.807, 2.05) is 36.5 Å². The lowest BCUT2D eigenvalue weighted by Crippen LogP contribution is -2.00. The molecule has 3 aromatic rings. The highest BCUT2D eigenvalue weighted by Crippen LogP contribution is 2.17. The topological polar surface area (TPSA) is 56.6 Å². The summed E-state index contributed by atoms with van der Waals surface area (Å²) in [6, 6.07) is 16.2. The number of carbonyl (C=O) groups excluding carboxylic acids is 1. The van der Waals surface area contributed by atoms with Crippen LogP contribution in [0.2, 0.25) is 0 Å². The van der Waals surface area contributed by atoms with Gasteiger partial charge < -0.3 is 4.98 Å². The number of carbonyl (C=O) groups is 1. The second-order valence-electron chi connectivity index (χ2n) is 4.30. The molecule has 0 atom stereocenters. The van der Waals surface area contributed by atoms with Crippen LogP contribution in [-0.4, -0.2) is 10.8 Å². The summed E-state index contributed by atoms with van der Waals surface area (Å²) in [5.41, 5.74) is 2.72. The molecule has 0 aliphatic heterocycles. The average molecular weight is 246 g/mol. The molecule has 3 nitrogen and oxygen atoms in total. The van der Waals surface area contributed by atoms with Crippen molar-refractivity contribution in [3.05, 3.63) is 71.4 Å². The number of fused-ring (bicyclic) bond motifs is 1. The summed E-state index contributed by atoms with van der Waals surface area (Å²) in [5, 5.41) is 9.82. The fourth-order valence-electron chi connectivity index (χ4n) is 2.05. The van der Waals surface area contributed by atoms with Crippen molar-refractivity contribution in [3.8, 4) is 6.07 Å². The molecule has 0 unspecified atom stereocenters. The van der Waals surface area contributed by atoms with Crippen molar-refractivity contribution in [3.63, 3.8) is 0 Å². The van der Waals surface area contributed by atoms with Crippen LogP contribution in [0.5, 0.6) is 0 Å². The van der Waals surface area contributed by atoms with Crippen LogP contribution in [0.3, 0.4) is 0 Å². The van der Waals surface area contributed by atoms with Crippen LogP contribution >= 0.6 is 0 Å². The van der Waals surface area contributed by atoms with Crippen LogP contribution in [0.4, 0.5) is 0 Å². The van der Waals surface area contributed by atoms with Gasteiger partial charge in [-0.2, -0.15) is 5.26 Å². The molecule has 0 bridgehead atoms. The van der Waals surface area contributed by atoms with E-state index in [0.29, 0.717) is 16.7 Å². The minimum Gasteiger partial charge on any atom is -0.361 e. The Labute approximate surface area is 110 Å². The number of benzene rings is 2. The number of aromatic nitrogens is 1. The van der Waals surface area contributed by atoms with Crippen LogP contribution in [0.1, 0.15) is 21.5 Å². The quantitative estimate of drug-likeness (QED) is 0.705. The highest BCUT2D eigenvalue weighted by Gasteiger charge is 2.09. The lowest BCUT2D eigenvalue weighted by atomic mass is 10.0. The molecule has 1 heterocycles. The number of nitriles is 1. The van der Waals surface area contributed by atoms with E-state index in [1.54, 1.807) is 24.3 Å². The van der Waals surface area contributed by atoms with E-state index in [-0.39, 0.29) is 5.78 Å². The molecule has 1 aromatic heterocycles. The van der Waals surface area contributed by atoms with Crippen LogP contribution in [0.25, 0.3) is 10.9 Å². The summed E-state index contributed by atoms with van der Waals surface area (Å²) in [6.07, 6.45) is 1.85. The van der Waals surface area contributed by atoms with Crippen molar-refractivity contribution in [2.45, 2.75) is 0 Å². The van der Waals surface area contributed by atoms with E-state index < -0.39 is 0 Å². The highest BCUT2D eigenvalue weighted by molar-refractivity contribution is 6.10. The fourth-order valence-corrected chi connectivity index (χ4v) is 2.05. The molecule has 0 fully saturated rings. The maximum absolute atomic E-state index is 12.3. The minimum absolute atomic E-state index is 0.0408. The van der Waals surface area contributed by atoms with Crippen molar-refractivity contribution < 1.29 is 4.79 Å². The van der Waals surface area contributed by atoms with Crippen molar-refractivity contribution in [1.29, 1.82) is 5.26 Å². The zero-order valence-electron chi connectivity index (χ0n) is 10.1. The van der Waals surface area contributed by atoms with Crippen molar-refractivity contribution in [1.82, 2.24) is 4.98 Å². The number of hydrogen-bond donors (Lipinski definition) is 1. The van der Waals surface area contributed by atoms with Gasteiger partial charge in [0.25, 0.3) is 0 Å². The van der Waals surface area contributed by atoms with Crippen molar-refractivity contribution in [2.75, 3.05) is 0 Å². The maximum Gasteiger partial charge on any atom is 0.193 e. The van der Waals surface area contributed by atoms with E-state index in [4.69, 9.17) is 5.26 Å². The van der Waals surface area contributed by atoms with Gasteiger partial charge in [-0.3, -0.25) is 4.79 Å². The molecule has 0 spiro atoms. The molecule has 3 heteroatoms. The van der Waals surface area contributed by atoms with E-state index in [9.17, 15) is 4.79 Å². The molecule has 0 saturated heterocycles. The molecular weight excluding hydrogens is 236 g/mol. The Morgan fingerprint density at radius 1 is 1.00 bits per heavy atom. The molecule has 0 aliphatic rings. The smallest absolute Gasteiger partial charge is 0.193 e. The van der Waals surface area contributed by atoms with Crippen LogP contribution in [0, 0.1) is 11.3 Å². The maximum atomic E-state index is 12.3. The van der Waals surface area contributed by atoms with Gasteiger partial charge in [0.1, 0.15) is 0 Å². The summed E-state index contributed by atoms with van der Waals surface area (Å²) in [6.45, 7) is 0. The first kappa shape index (κ1) is 11.2. The second kappa shape index (κ2) is 4.43. The Bertz CT molecular complexity index is 791. The molecule has 19 heavy (non-hydrogen) atoms. The van der Waals surface area contributed by atoms with E-state index in [2.05, 4.69) is 4.98 Å². The third-order valence-electron chi connectivity index (χ3n) is 3.09. The lowest BCUT2D eigenvalue weighted by Gasteiger charge is -2.01. The van der Waals surface area contributed by atoms with E-state index in [0.717, 1.165) is 10.9 Å². The first-order valence-electron chi connectivity index (χ1n) is 5.90. The van der Waals surface area contributed by atoms with Crippen molar-refractivity contribution in [2.24, 2.45) is 0 Å². The van der Waals surface area contributed by atoms with Crippen LogP contribution in [0.15, 0.2) is 54.7 Å². The largest absolute Gasteiger partial charge is 0.361 e. The Kier molecular flexibility index (Phi) is 2.62.